The molecule has 12 heteroatoms. The van der Waals surface area contributed by atoms with Crippen molar-refractivity contribution in [3.63, 3.8) is 0 Å². The van der Waals surface area contributed by atoms with Gasteiger partial charge in [-0.1, -0.05) is 0 Å². The molecule has 2 heterocycles. The van der Waals surface area contributed by atoms with E-state index in [9.17, 15) is 22.8 Å². The van der Waals surface area contributed by atoms with E-state index in [0.717, 1.165) is 11.3 Å². The standard InChI is InChI=1S/C9H10N4O6S2/c14-4-10-9-11-5(3-20-9)1-7(15)12-6-2-13(8(6)16)21(17,18)19/h3-4,6H,1-2H2,(H,12,15)(H,10,11,14)(H,17,18,19)/t6-/m0/s1. The molecule has 1 aliphatic rings. The minimum atomic E-state index is -4.57. The molecular weight excluding hydrogens is 324 g/mol. The number of carbonyl (C=O) groups excluding carboxylic acids is 3. The molecule has 0 unspecified atom stereocenters. The van der Waals surface area contributed by atoms with Gasteiger partial charge in [0.1, 0.15) is 6.04 Å². The molecule has 0 aliphatic carbocycles. The summed E-state index contributed by atoms with van der Waals surface area (Å²) in [5, 5.41) is 6.57. The van der Waals surface area contributed by atoms with Gasteiger partial charge in [-0.05, 0) is 0 Å². The minimum Gasteiger partial charge on any atom is -0.342 e. The van der Waals surface area contributed by atoms with Crippen LogP contribution >= 0.6 is 11.3 Å². The number of β-lactam (4-membered cyclic amide) rings is 1. The van der Waals surface area contributed by atoms with E-state index >= 15 is 0 Å². The van der Waals surface area contributed by atoms with E-state index in [4.69, 9.17) is 4.55 Å². The summed E-state index contributed by atoms with van der Waals surface area (Å²) in [5.41, 5.74) is 0.403. The summed E-state index contributed by atoms with van der Waals surface area (Å²) in [6.45, 7) is -0.307. The Hall–Kier alpha value is -2.05. The average molecular weight is 334 g/mol. The Bertz CT molecular complexity index is 684. The first-order valence-electron chi connectivity index (χ1n) is 5.54. The van der Waals surface area contributed by atoms with Gasteiger partial charge in [0.25, 0.3) is 5.91 Å². The van der Waals surface area contributed by atoms with Crippen LogP contribution in [0.3, 0.4) is 0 Å². The highest BCUT2D eigenvalue weighted by molar-refractivity contribution is 7.84. The molecule has 0 aromatic carbocycles. The number of thiazole rings is 1. The van der Waals surface area contributed by atoms with Crippen LogP contribution in [0.5, 0.6) is 0 Å². The normalized spacial score (nSPS) is 18.0. The number of hydrogen-bond donors (Lipinski definition) is 3. The summed E-state index contributed by atoms with van der Waals surface area (Å²) in [5.74, 6) is -1.42. The molecule has 3 amide bonds. The SMILES string of the molecule is O=CNc1nc(CC(=O)N[C@H]2CN(S(=O)(=O)O)C2=O)cs1. The number of anilines is 1. The highest BCUT2D eigenvalue weighted by Gasteiger charge is 2.44. The van der Waals surface area contributed by atoms with Crippen molar-refractivity contribution < 1.29 is 27.4 Å². The molecule has 1 aliphatic heterocycles. The van der Waals surface area contributed by atoms with Crippen LogP contribution in [0.15, 0.2) is 5.38 Å². The van der Waals surface area contributed by atoms with Crippen LogP contribution in [-0.2, 0) is 31.1 Å². The van der Waals surface area contributed by atoms with E-state index in [1.54, 1.807) is 5.38 Å². The van der Waals surface area contributed by atoms with Crippen LogP contribution in [0.1, 0.15) is 5.69 Å². The zero-order valence-corrected chi connectivity index (χ0v) is 12.0. The predicted molar refractivity (Wildman–Crippen MR) is 70.7 cm³/mol. The Morgan fingerprint density at radius 2 is 2.33 bits per heavy atom. The van der Waals surface area contributed by atoms with Gasteiger partial charge in [0.2, 0.25) is 12.3 Å². The van der Waals surface area contributed by atoms with Gasteiger partial charge >= 0.3 is 10.3 Å². The number of hydrogen-bond acceptors (Lipinski definition) is 7. The predicted octanol–water partition coefficient (Wildman–Crippen LogP) is -1.62. The van der Waals surface area contributed by atoms with Gasteiger partial charge in [-0.25, -0.2) is 9.29 Å². The van der Waals surface area contributed by atoms with Crippen LogP contribution in [0, 0.1) is 0 Å². The van der Waals surface area contributed by atoms with Crippen molar-refractivity contribution in [1.82, 2.24) is 14.6 Å². The molecule has 114 valence electrons. The quantitative estimate of drug-likeness (QED) is 0.322. The van der Waals surface area contributed by atoms with Gasteiger partial charge in [-0.3, -0.25) is 18.9 Å². The molecule has 1 atom stereocenters. The minimum absolute atomic E-state index is 0.118. The van der Waals surface area contributed by atoms with Crippen LogP contribution in [0.25, 0.3) is 0 Å². The highest BCUT2D eigenvalue weighted by Crippen LogP contribution is 2.16. The smallest absolute Gasteiger partial charge is 0.342 e. The third kappa shape index (κ3) is 3.53. The number of carbonyl (C=O) groups is 3. The van der Waals surface area contributed by atoms with Crippen molar-refractivity contribution in [2.24, 2.45) is 0 Å². The van der Waals surface area contributed by atoms with Gasteiger partial charge < -0.3 is 10.6 Å². The summed E-state index contributed by atoms with van der Waals surface area (Å²) in [4.78, 5) is 37.2. The zero-order valence-electron chi connectivity index (χ0n) is 10.3. The van der Waals surface area contributed by atoms with Gasteiger partial charge in [-0.15, -0.1) is 11.3 Å². The van der Waals surface area contributed by atoms with E-state index in [1.165, 1.54) is 0 Å². The molecule has 0 spiro atoms. The summed E-state index contributed by atoms with van der Waals surface area (Å²) in [6.07, 6.45) is 0.340. The molecule has 0 radical (unpaired) electrons. The number of nitrogens with one attached hydrogen (secondary N) is 2. The van der Waals surface area contributed by atoms with Gasteiger partial charge in [-0.2, -0.15) is 8.42 Å². The molecule has 0 bridgehead atoms. The van der Waals surface area contributed by atoms with Crippen LogP contribution in [0.4, 0.5) is 5.13 Å². The summed E-state index contributed by atoms with van der Waals surface area (Å²) >= 11 is 1.14. The van der Waals surface area contributed by atoms with Gasteiger partial charge in [0.15, 0.2) is 5.13 Å². The lowest BCUT2D eigenvalue weighted by atomic mass is 10.1. The molecule has 1 aromatic heterocycles. The topological polar surface area (TPSA) is 146 Å². The van der Waals surface area contributed by atoms with Crippen molar-refractivity contribution in [3.8, 4) is 0 Å². The molecule has 10 nitrogen and oxygen atoms in total. The molecular formula is C9H10N4O6S2. The highest BCUT2D eigenvalue weighted by atomic mass is 32.2. The van der Waals surface area contributed by atoms with Crippen molar-refractivity contribution in [1.29, 1.82) is 0 Å². The maximum atomic E-state index is 11.7. The fraction of sp³-hybridized carbons (Fsp3) is 0.333. The molecule has 21 heavy (non-hydrogen) atoms. The second-order valence-corrected chi connectivity index (χ2v) is 6.24. The number of rotatable bonds is 6. The van der Waals surface area contributed by atoms with Crippen LogP contribution in [-0.4, -0.2) is 53.1 Å². The zero-order chi connectivity index (χ0) is 15.6. The lowest BCUT2D eigenvalue weighted by Crippen LogP contribution is -2.65. The summed E-state index contributed by atoms with van der Waals surface area (Å²) in [6, 6.07) is -0.981. The van der Waals surface area contributed by atoms with E-state index < -0.39 is 28.2 Å². The number of amides is 3. The van der Waals surface area contributed by atoms with E-state index in [1.807, 2.05) is 0 Å². The Kier molecular flexibility index (Phi) is 4.20. The van der Waals surface area contributed by atoms with Crippen molar-refractivity contribution >= 4 is 45.0 Å². The lowest BCUT2D eigenvalue weighted by molar-refractivity contribution is -0.140. The first-order chi connectivity index (χ1) is 9.81. The van der Waals surface area contributed by atoms with Crippen molar-refractivity contribution in [3.05, 3.63) is 11.1 Å². The Morgan fingerprint density at radius 3 is 2.90 bits per heavy atom. The molecule has 2 rings (SSSR count). The summed E-state index contributed by atoms with van der Waals surface area (Å²) < 4.78 is 30.4. The van der Waals surface area contributed by atoms with Gasteiger partial charge in [0.05, 0.1) is 18.7 Å². The molecule has 1 aromatic rings. The third-order valence-electron chi connectivity index (χ3n) is 2.58. The monoisotopic (exact) mass is 334 g/mol. The first kappa shape index (κ1) is 15.3. The Labute approximate surface area is 123 Å². The third-order valence-corrected chi connectivity index (χ3v) is 4.29. The number of aromatic nitrogens is 1. The second kappa shape index (κ2) is 5.75. The average Bonchev–Trinajstić information content (AvgIpc) is 2.80. The largest absolute Gasteiger partial charge is 0.362 e. The maximum Gasteiger partial charge on any atom is 0.362 e. The van der Waals surface area contributed by atoms with E-state index in [-0.39, 0.29) is 17.3 Å². The maximum absolute atomic E-state index is 11.7. The fourth-order valence-electron chi connectivity index (χ4n) is 1.63. The van der Waals surface area contributed by atoms with Gasteiger partial charge in [0, 0.05) is 5.38 Å². The lowest BCUT2D eigenvalue weighted by Gasteiger charge is -2.35. The second-order valence-electron chi connectivity index (χ2n) is 4.05. The number of nitrogens with zero attached hydrogens (tertiary/aromatic N) is 2. The first-order valence-corrected chi connectivity index (χ1v) is 7.82. The van der Waals surface area contributed by atoms with Crippen molar-refractivity contribution in [2.45, 2.75) is 12.5 Å². The molecule has 1 saturated heterocycles. The fourth-order valence-corrected chi connectivity index (χ4v) is 2.99. The summed E-state index contributed by atoms with van der Waals surface area (Å²) in [7, 11) is -4.57. The van der Waals surface area contributed by atoms with E-state index in [0.29, 0.717) is 17.2 Å². The van der Waals surface area contributed by atoms with E-state index in [2.05, 4.69) is 15.6 Å². The van der Waals surface area contributed by atoms with Crippen molar-refractivity contribution in [2.75, 3.05) is 11.9 Å². The van der Waals surface area contributed by atoms with Crippen LogP contribution in [0.2, 0.25) is 0 Å². The Balaban J connectivity index is 1.86. The Morgan fingerprint density at radius 1 is 1.62 bits per heavy atom. The van der Waals surface area contributed by atoms with Crippen LogP contribution < -0.4 is 10.6 Å². The molecule has 0 saturated carbocycles. The molecule has 3 N–H and O–H groups in total. The molecule has 1 fully saturated rings.